The van der Waals surface area contributed by atoms with Gasteiger partial charge in [0.25, 0.3) is 0 Å². The number of thioether (sulfide) groups is 1. The van der Waals surface area contributed by atoms with E-state index in [4.69, 9.17) is 0 Å². The van der Waals surface area contributed by atoms with Crippen LogP contribution < -0.4 is 0 Å². The van der Waals surface area contributed by atoms with Gasteiger partial charge in [-0.2, -0.15) is 0 Å². The van der Waals surface area contributed by atoms with Crippen molar-refractivity contribution in [2.75, 3.05) is 0 Å². The van der Waals surface area contributed by atoms with Crippen LogP contribution in [0.3, 0.4) is 0 Å². The molecule has 0 aliphatic heterocycles. The number of aryl methyl sites for hydroxylation is 1. The third-order valence-electron chi connectivity index (χ3n) is 1.74. The molecule has 1 atom stereocenters. The second kappa shape index (κ2) is 4.99. The zero-order valence-corrected chi connectivity index (χ0v) is 9.11. The lowest BCUT2D eigenvalue weighted by Gasteiger charge is -2.06. The fourth-order valence-electron chi connectivity index (χ4n) is 1.11. The van der Waals surface area contributed by atoms with Gasteiger partial charge in [0.2, 0.25) is 0 Å². The summed E-state index contributed by atoms with van der Waals surface area (Å²) in [4.78, 5) is 1.33. The molecule has 68 valence electrons. The molecular weight excluding hydrogens is 176 g/mol. The highest BCUT2D eigenvalue weighted by molar-refractivity contribution is 8.00. The second-order valence-corrected chi connectivity index (χ2v) is 4.30. The standard InChI is InChI=1S/C12H14S/c1-4-7-11(3)13-12-9-6-5-8-10(12)2/h5-6,8-9,11H,1-3H3. The van der Waals surface area contributed by atoms with Crippen molar-refractivity contribution in [1.29, 1.82) is 0 Å². The van der Waals surface area contributed by atoms with Gasteiger partial charge in [-0.15, -0.1) is 17.7 Å². The summed E-state index contributed by atoms with van der Waals surface area (Å²) in [6.07, 6.45) is 0. The van der Waals surface area contributed by atoms with E-state index in [9.17, 15) is 0 Å². The molecule has 0 amide bonds. The molecule has 1 aromatic carbocycles. The predicted octanol–water partition coefficient (Wildman–Crippen LogP) is 3.50. The van der Waals surface area contributed by atoms with Gasteiger partial charge < -0.3 is 0 Å². The van der Waals surface area contributed by atoms with Crippen molar-refractivity contribution >= 4 is 11.8 Å². The number of hydrogen-bond acceptors (Lipinski definition) is 1. The van der Waals surface area contributed by atoms with E-state index in [-0.39, 0.29) is 0 Å². The molecule has 0 N–H and O–H groups in total. The smallest absolute Gasteiger partial charge is 0.0676 e. The molecule has 0 fully saturated rings. The Morgan fingerprint density at radius 1 is 1.31 bits per heavy atom. The summed E-state index contributed by atoms with van der Waals surface area (Å²) in [5.41, 5.74) is 1.33. The number of benzene rings is 1. The van der Waals surface area contributed by atoms with Crippen molar-refractivity contribution in [3.63, 3.8) is 0 Å². The highest BCUT2D eigenvalue weighted by atomic mass is 32.2. The SMILES string of the molecule is CC#CC(C)Sc1ccccc1C. The maximum Gasteiger partial charge on any atom is 0.0676 e. The summed E-state index contributed by atoms with van der Waals surface area (Å²) < 4.78 is 0. The molecule has 0 saturated carbocycles. The zero-order valence-electron chi connectivity index (χ0n) is 8.29. The molecule has 1 rings (SSSR count). The molecule has 13 heavy (non-hydrogen) atoms. The van der Waals surface area contributed by atoms with Crippen molar-refractivity contribution in [3.8, 4) is 11.8 Å². The molecule has 0 nitrogen and oxygen atoms in total. The fraction of sp³-hybridized carbons (Fsp3) is 0.333. The first kappa shape index (κ1) is 10.2. The van der Waals surface area contributed by atoms with Crippen molar-refractivity contribution in [2.24, 2.45) is 0 Å². The molecule has 0 aliphatic carbocycles. The van der Waals surface area contributed by atoms with Gasteiger partial charge in [-0.3, -0.25) is 0 Å². The molecule has 1 unspecified atom stereocenters. The van der Waals surface area contributed by atoms with Crippen molar-refractivity contribution in [1.82, 2.24) is 0 Å². The maximum atomic E-state index is 3.13. The third kappa shape index (κ3) is 3.16. The van der Waals surface area contributed by atoms with Crippen LogP contribution in [0.25, 0.3) is 0 Å². The van der Waals surface area contributed by atoms with Crippen LogP contribution in [0.2, 0.25) is 0 Å². The molecule has 0 spiro atoms. The van der Waals surface area contributed by atoms with Gasteiger partial charge in [0.05, 0.1) is 5.25 Å². The summed E-state index contributed by atoms with van der Waals surface area (Å²) >= 11 is 1.82. The molecule has 1 heteroatoms. The van der Waals surface area contributed by atoms with Crippen LogP contribution >= 0.6 is 11.8 Å². The van der Waals surface area contributed by atoms with E-state index in [2.05, 4.69) is 50.0 Å². The van der Waals surface area contributed by atoms with Crippen LogP contribution in [0.1, 0.15) is 19.4 Å². The maximum absolute atomic E-state index is 3.13. The van der Waals surface area contributed by atoms with Crippen LogP contribution in [0.4, 0.5) is 0 Å². The van der Waals surface area contributed by atoms with Gasteiger partial charge in [-0.05, 0) is 32.4 Å². The molecule has 0 radical (unpaired) electrons. The Bertz CT molecular complexity index is 330. The van der Waals surface area contributed by atoms with Crippen molar-refractivity contribution in [3.05, 3.63) is 29.8 Å². The first-order valence-electron chi connectivity index (χ1n) is 4.38. The third-order valence-corrected chi connectivity index (χ3v) is 2.93. The molecule has 0 aromatic heterocycles. The normalized spacial score (nSPS) is 11.6. The molecule has 0 heterocycles. The van der Waals surface area contributed by atoms with Gasteiger partial charge in [0.15, 0.2) is 0 Å². The van der Waals surface area contributed by atoms with Gasteiger partial charge in [-0.25, -0.2) is 0 Å². The van der Waals surface area contributed by atoms with Crippen LogP contribution in [0.5, 0.6) is 0 Å². The lowest BCUT2D eigenvalue weighted by molar-refractivity contribution is 1.25. The Kier molecular flexibility index (Phi) is 3.92. The molecule has 0 saturated heterocycles. The zero-order chi connectivity index (χ0) is 9.68. The van der Waals surface area contributed by atoms with Crippen molar-refractivity contribution < 1.29 is 0 Å². The van der Waals surface area contributed by atoms with Crippen LogP contribution in [0, 0.1) is 18.8 Å². The Morgan fingerprint density at radius 3 is 2.62 bits per heavy atom. The molecular formula is C12H14S. The lowest BCUT2D eigenvalue weighted by Crippen LogP contribution is -1.91. The Labute approximate surface area is 84.7 Å². The first-order chi connectivity index (χ1) is 6.24. The molecule has 1 aromatic rings. The summed E-state index contributed by atoms with van der Waals surface area (Å²) in [5, 5.41) is 0.381. The Balaban J connectivity index is 2.72. The van der Waals surface area contributed by atoms with Gasteiger partial charge in [0.1, 0.15) is 0 Å². The largest absolute Gasteiger partial charge is 0.110 e. The highest BCUT2D eigenvalue weighted by Gasteiger charge is 2.01. The van der Waals surface area contributed by atoms with Gasteiger partial charge in [0, 0.05) is 4.90 Å². The van der Waals surface area contributed by atoms with E-state index >= 15 is 0 Å². The topological polar surface area (TPSA) is 0 Å². The van der Waals surface area contributed by atoms with E-state index in [0.29, 0.717) is 5.25 Å². The average Bonchev–Trinajstić information content (AvgIpc) is 2.09. The monoisotopic (exact) mass is 190 g/mol. The quantitative estimate of drug-likeness (QED) is 0.508. The average molecular weight is 190 g/mol. The minimum atomic E-state index is 0.381. The van der Waals surface area contributed by atoms with Gasteiger partial charge >= 0.3 is 0 Å². The minimum Gasteiger partial charge on any atom is -0.110 e. The number of rotatable bonds is 2. The van der Waals surface area contributed by atoms with E-state index in [0.717, 1.165) is 0 Å². The van der Waals surface area contributed by atoms with E-state index in [1.807, 2.05) is 18.7 Å². The van der Waals surface area contributed by atoms with Crippen molar-refractivity contribution in [2.45, 2.75) is 30.9 Å². The Morgan fingerprint density at radius 2 is 2.00 bits per heavy atom. The second-order valence-electron chi connectivity index (χ2n) is 2.92. The lowest BCUT2D eigenvalue weighted by atomic mass is 10.2. The van der Waals surface area contributed by atoms with Gasteiger partial charge in [-0.1, -0.05) is 24.1 Å². The summed E-state index contributed by atoms with van der Waals surface area (Å²) in [5.74, 6) is 6.07. The fourth-order valence-corrected chi connectivity index (χ4v) is 2.08. The predicted molar refractivity (Wildman–Crippen MR) is 59.9 cm³/mol. The summed E-state index contributed by atoms with van der Waals surface area (Å²) in [6.45, 7) is 6.15. The van der Waals surface area contributed by atoms with E-state index in [1.54, 1.807) is 0 Å². The first-order valence-corrected chi connectivity index (χ1v) is 5.26. The molecule has 0 aliphatic rings. The van der Waals surface area contributed by atoms with E-state index < -0.39 is 0 Å². The molecule has 0 bridgehead atoms. The van der Waals surface area contributed by atoms with Crippen LogP contribution in [0.15, 0.2) is 29.2 Å². The minimum absolute atomic E-state index is 0.381. The highest BCUT2D eigenvalue weighted by Crippen LogP contribution is 2.25. The van der Waals surface area contributed by atoms with Crippen LogP contribution in [-0.4, -0.2) is 5.25 Å². The van der Waals surface area contributed by atoms with E-state index in [1.165, 1.54) is 10.5 Å². The number of hydrogen-bond donors (Lipinski definition) is 0. The summed E-state index contributed by atoms with van der Waals surface area (Å²) in [7, 11) is 0. The summed E-state index contributed by atoms with van der Waals surface area (Å²) in [6, 6.07) is 8.42. The Hall–Kier alpha value is -0.870. The van der Waals surface area contributed by atoms with Crippen LogP contribution in [-0.2, 0) is 0 Å².